The van der Waals surface area contributed by atoms with Gasteiger partial charge in [-0.05, 0) is 30.9 Å². The predicted octanol–water partition coefficient (Wildman–Crippen LogP) is 4.08. The molecule has 112 valence electrons. The van der Waals surface area contributed by atoms with Crippen molar-refractivity contribution in [3.63, 3.8) is 0 Å². The van der Waals surface area contributed by atoms with Gasteiger partial charge in [0, 0.05) is 23.9 Å². The lowest BCUT2D eigenvalue weighted by Gasteiger charge is -2.01. The predicted molar refractivity (Wildman–Crippen MR) is 85.2 cm³/mol. The molecule has 1 heterocycles. The first-order valence-corrected chi connectivity index (χ1v) is 8.52. The highest BCUT2D eigenvalue weighted by Gasteiger charge is 2.21. The Morgan fingerprint density at radius 1 is 1.33 bits per heavy atom. The van der Waals surface area contributed by atoms with Crippen LogP contribution >= 0.6 is 11.3 Å². The third-order valence-electron chi connectivity index (χ3n) is 3.74. The van der Waals surface area contributed by atoms with E-state index < -0.39 is 0 Å². The number of thiazole rings is 1. The van der Waals surface area contributed by atoms with Gasteiger partial charge in [0.25, 0.3) is 0 Å². The van der Waals surface area contributed by atoms with Crippen molar-refractivity contribution in [2.24, 2.45) is 0 Å². The number of rotatable bonds is 7. The average Bonchev–Trinajstić information content (AvgIpc) is 3.23. The number of benzene rings is 1. The summed E-state index contributed by atoms with van der Waals surface area (Å²) >= 11 is 1.73. The summed E-state index contributed by atoms with van der Waals surface area (Å²) in [5, 5.41) is 4.58. The number of nitrogens with zero attached hydrogens (tertiary/aromatic N) is 1. The molecule has 1 N–H and O–H groups in total. The molecule has 0 saturated heterocycles. The lowest BCUT2D eigenvalue weighted by molar-refractivity contribution is 0.613. The summed E-state index contributed by atoms with van der Waals surface area (Å²) in [5.74, 6) is -0.137. The van der Waals surface area contributed by atoms with Crippen LogP contribution in [-0.2, 0) is 19.4 Å². The van der Waals surface area contributed by atoms with Crippen molar-refractivity contribution in [3.05, 3.63) is 51.2 Å². The van der Waals surface area contributed by atoms with Crippen LogP contribution in [0.15, 0.2) is 24.3 Å². The molecule has 2 aromatic rings. The zero-order chi connectivity index (χ0) is 14.7. The van der Waals surface area contributed by atoms with Gasteiger partial charge < -0.3 is 5.32 Å². The van der Waals surface area contributed by atoms with Crippen molar-refractivity contribution >= 4 is 11.3 Å². The molecule has 0 bridgehead atoms. The summed E-state index contributed by atoms with van der Waals surface area (Å²) in [5.41, 5.74) is 1.93. The molecule has 1 aliphatic carbocycles. The second-order valence-electron chi connectivity index (χ2n) is 5.65. The zero-order valence-corrected chi connectivity index (χ0v) is 13.2. The highest BCUT2D eigenvalue weighted by Crippen LogP contribution is 2.25. The van der Waals surface area contributed by atoms with E-state index in [1.54, 1.807) is 17.4 Å². The van der Waals surface area contributed by atoms with Gasteiger partial charge in [0.1, 0.15) is 5.82 Å². The SMILES string of the molecule is CCCc1nc(Cc2ccccc2F)sc1CNC1CC1. The Hall–Kier alpha value is -1.26. The Labute approximate surface area is 129 Å². The largest absolute Gasteiger partial charge is 0.309 e. The molecule has 1 aromatic carbocycles. The van der Waals surface area contributed by atoms with E-state index >= 15 is 0 Å². The van der Waals surface area contributed by atoms with Crippen LogP contribution in [0, 0.1) is 5.82 Å². The number of nitrogens with one attached hydrogen (secondary N) is 1. The summed E-state index contributed by atoms with van der Waals surface area (Å²) in [6, 6.07) is 7.68. The number of aromatic nitrogens is 1. The molecule has 0 amide bonds. The molecule has 0 spiro atoms. The fourth-order valence-electron chi connectivity index (χ4n) is 2.41. The Balaban J connectivity index is 1.74. The van der Waals surface area contributed by atoms with E-state index in [2.05, 4.69) is 12.2 Å². The molecule has 1 aromatic heterocycles. The molecule has 3 rings (SSSR count). The Kier molecular flexibility index (Phi) is 4.66. The Morgan fingerprint density at radius 3 is 2.86 bits per heavy atom. The molecule has 1 fully saturated rings. The molecule has 4 heteroatoms. The maximum atomic E-state index is 13.8. The van der Waals surface area contributed by atoms with Gasteiger partial charge in [-0.25, -0.2) is 9.37 Å². The summed E-state index contributed by atoms with van der Waals surface area (Å²) in [6.45, 7) is 3.09. The van der Waals surface area contributed by atoms with Crippen LogP contribution in [0.3, 0.4) is 0 Å². The van der Waals surface area contributed by atoms with Gasteiger partial charge in [0.15, 0.2) is 0 Å². The van der Waals surface area contributed by atoms with Gasteiger partial charge in [-0.3, -0.25) is 0 Å². The van der Waals surface area contributed by atoms with E-state index in [1.165, 1.54) is 29.5 Å². The third-order valence-corrected chi connectivity index (χ3v) is 4.84. The maximum absolute atomic E-state index is 13.8. The van der Waals surface area contributed by atoms with Crippen LogP contribution < -0.4 is 5.32 Å². The first-order valence-electron chi connectivity index (χ1n) is 7.70. The highest BCUT2D eigenvalue weighted by molar-refractivity contribution is 7.11. The summed E-state index contributed by atoms with van der Waals surface area (Å²) in [4.78, 5) is 6.08. The number of hydrogen-bond acceptors (Lipinski definition) is 3. The maximum Gasteiger partial charge on any atom is 0.126 e. The molecule has 0 atom stereocenters. The normalized spacial score (nSPS) is 14.6. The lowest BCUT2D eigenvalue weighted by atomic mass is 10.1. The zero-order valence-electron chi connectivity index (χ0n) is 12.4. The average molecular weight is 304 g/mol. The monoisotopic (exact) mass is 304 g/mol. The van der Waals surface area contributed by atoms with Gasteiger partial charge in [-0.15, -0.1) is 11.3 Å². The quantitative estimate of drug-likeness (QED) is 0.834. The Bertz CT molecular complexity index is 605. The van der Waals surface area contributed by atoms with Crippen molar-refractivity contribution in [1.82, 2.24) is 10.3 Å². The second-order valence-corrected chi connectivity index (χ2v) is 6.82. The number of aryl methyl sites for hydroxylation is 1. The fourth-order valence-corrected chi connectivity index (χ4v) is 3.50. The van der Waals surface area contributed by atoms with Gasteiger partial charge >= 0.3 is 0 Å². The van der Waals surface area contributed by atoms with Crippen LogP contribution in [-0.4, -0.2) is 11.0 Å². The summed E-state index contributed by atoms with van der Waals surface area (Å²) in [7, 11) is 0. The fraction of sp³-hybridized carbons (Fsp3) is 0.471. The lowest BCUT2D eigenvalue weighted by Crippen LogP contribution is -2.15. The van der Waals surface area contributed by atoms with Crippen molar-refractivity contribution < 1.29 is 4.39 Å². The molecular weight excluding hydrogens is 283 g/mol. The van der Waals surface area contributed by atoms with Crippen molar-refractivity contribution in [1.29, 1.82) is 0 Å². The van der Waals surface area contributed by atoms with E-state index in [4.69, 9.17) is 4.98 Å². The standard InChI is InChI=1S/C17H21FN2S/c1-2-5-15-16(11-19-13-8-9-13)21-17(20-15)10-12-6-3-4-7-14(12)18/h3-4,6-7,13,19H,2,5,8-11H2,1H3. The minimum absolute atomic E-state index is 0.137. The van der Waals surface area contributed by atoms with Crippen molar-refractivity contribution in [2.75, 3.05) is 0 Å². The first-order chi connectivity index (χ1) is 10.3. The third kappa shape index (κ3) is 3.89. The van der Waals surface area contributed by atoms with Gasteiger partial charge in [-0.2, -0.15) is 0 Å². The molecule has 1 saturated carbocycles. The van der Waals surface area contributed by atoms with E-state index in [0.717, 1.165) is 30.0 Å². The highest BCUT2D eigenvalue weighted by atomic mass is 32.1. The van der Waals surface area contributed by atoms with Crippen LogP contribution in [0.25, 0.3) is 0 Å². The van der Waals surface area contributed by atoms with Crippen molar-refractivity contribution in [2.45, 2.75) is 51.6 Å². The smallest absolute Gasteiger partial charge is 0.126 e. The van der Waals surface area contributed by atoms with E-state index in [-0.39, 0.29) is 5.82 Å². The molecule has 1 aliphatic rings. The molecular formula is C17H21FN2S. The van der Waals surface area contributed by atoms with Gasteiger partial charge in [0.2, 0.25) is 0 Å². The number of hydrogen-bond donors (Lipinski definition) is 1. The topological polar surface area (TPSA) is 24.9 Å². The van der Waals surface area contributed by atoms with E-state index in [0.29, 0.717) is 12.5 Å². The van der Waals surface area contributed by atoms with Crippen LogP contribution in [0.2, 0.25) is 0 Å². The molecule has 0 aliphatic heterocycles. The Morgan fingerprint density at radius 2 is 2.14 bits per heavy atom. The molecule has 0 unspecified atom stereocenters. The molecule has 2 nitrogen and oxygen atoms in total. The second kappa shape index (κ2) is 6.67. The first kappa shape index (κ1) is 14.7. The van der Waals surface area contributed by atoms with Crippen LogP contribution in [0.5, 0.6) is 0 Å². The molecule has 0 radical (unpaired) electrons. The van der Waals surface area contributed by atoms with E-state index in [9.17, 15) is 4.39 Å². The van der Waals surface area contributed by atoms with E-state index in [1.807, 2.05) is 12.1 Å². The molecule has 21 heavy (non-hydrogen) atoms. The van der Waals surface area contributed by atoms with Crippen molar-refractivity contribution in [3.8, 4) is 0 Å². The minimum atomic E-state index is -0.137. The minimum Gasteiger partial charge on any atom is -0.309 e. The van der Waals surface area contributed by atoms with Crippen LogP contribution in [0.4, 0.5) is 4.39 Å². The summed E-state index contributed by atoms with van der Waals surface area (Å²) in [6.07, 6.45) is 5.29. The summed E-state index contributed by atoms with van der Waals surface area (Å²) < 4.78 is 13.8. The number of halogens is 1. The van der Waals surface area contributed by atoms with Gasteiger partial charge in [0.05, 0.1) is 10.7 Å². The van der Waals surface area contributed by atoms with Gasteiger partial charge in [-0.1, -0.05) is 31.5 Å². The van der Waals surface area contributed by atoms with Crippen LogP contribution in [0.1, 0.15) is 47.3 Å².